The number of nitriles is 2. The van der Waals surface area contributed by atoms with Gasteiger partial charge in [0.05, 0.1) is 12.1 Å². The Hall–Kier alpha value is -1.10. The molecule has 0 amide bonds. The Balaban J connectivity index is 0. The molecule has 0 fully saturated rings. The minimum Gasteiger partial charge on any atom is -0.330 e. The summed E-state index contributed by atoms with van der Waals surface area (Å²) < 4.78 is 0. The Labute approximate surface area is 92.9 Å². The Morgan fingerprint density at radius 2 is 1.07 bits per heavy atom. The topological polar surface area (TPSA) is 99.6 Å². The van der Waals surface area contributed by atoms with Crippen LogP contribution in [0, 0.1) is 22.7 Å². The standard InChI is InChI=1S/C6H12N2.C5H10N2/c7-5-3-1-2-4-6-8;6-4-2-1-3-5-7/h1-5,7H2;1-4,6H2. The molecule has 0 aromatic rings. The van der Waals surface area contributed by atoms with Crippen molar-refractivity contribution in [2.24, 2.45) is 11.5 Å². The summed E-state index contributed by atoms with van der Waals surface area (Å²) in [6.07, 6.45) is 6.43. The second kappa shape index (κ2) is 18.6. The molecule has 0 radical (unpaired) electrons. The summed E-state index contributed by atoms with van der Waals surface area (Å²) in [7, 11) is 0. The highest BCUT2D eigenvalue weighted by atomic mass is 14.5. The minimum atomic E-state index is 0.650. The summed E-state index contributed by atoms with van der Waals surface area (Å²) in [5.41, 5.74) is 10.4. The summed E-state index contributed by atoms with van der Waals surface area (Å²) in [6, 6.07) is 4.13. The van der Waals surface area contributed by atoms with E-state index in [0.29, 0.717) is 19.4 Å². The van der Waals surface area contributed by atoms with Crippen LogP contribution in [0.3, 0.4) is 0 Å². The summed E-state index contributed by atoms with van der Waals surface area (Å²) in [4.78, 5) is 0. The lowest BCUT2D eigenvalue weighted by atomic mass is 10.2. The van der Waals surface area contributed by atoms with Crippen LogP contribution < -0.4 is 11.5 Å². The molecule has 0 saturated carbocycles. The first-order chi connectivity index (χ1) is 7.33. The SMILES string of the molecule is N#CCCCCCN.N#CCCCCN. The van der Waals surface area contributed by atoms with Crippen LogP contribution in [0.15, 0.2) is 0 Å². The van der Waals surface area contributed by atoms with Crippen LogP contribution in [0.2, 0.25) is 0 Å². The van der Waals surface area contributed by atoms with E-state index in [4.69, 9.17) is 22.0 Å². The van der Waals surface area contributed by atoms with Gasteiger partial charge < -0.3 is 11.5 Å². The maximum Gasteiger partial charge on any atom is 0.0621 e. The normalized spacial score (nSPS) is 8.27. The smallest absolute Gasteiger partial charge is 0.0621 e. The van der Waals surface area contributed by atoms with Crippen LogP contribution in [-0.2, 0) is 0 Å². The van der Waals surface area contributed by atoms with Crippen LogP contribution >= 0.6 is 0 Å². The summed E-state index contributed by atoms with van der Waals surface area (Å²) >= 11 is 0. The maximum atomic E-state index is 8.08. The Kier molecular flexibility index (Phi) is 20.3. The van der Waals surface area contributed by atoms with Gasteiger partial charge in [0.25, 0.3) is 0 Å². The van der Waals surface area contributed by atoms with Gasteiger partial charge in [-0.3, -0.25) is 0 Å². The van der Waals surface area contributed by atoms with E-state index in [2.05, 4.69) is 6.07 Å². The van der Waals surface area contributed by atoms with Crippen molar-refractivity contribution in [3.8, 4) is 12.1 Å². The zero-order valence-corrected chi connectivity index (χ0v) is 9.41. The van der Waals surface area contributed by atoms with Gasteiger partial charge in [-0.25, -0.2) is 0 Å². The molecule has 4 heteroatoms. The molecule has 0 atom stereocenters. The van der Waals surface area contributed by atoms with E-state index >= 15 is 0 Å². The molecular weight excluding hydrogens is 188 g/mol. The number of hydrogen-bond acceptors (Lipinski definition) is 4. The van der Waals surface area contributed by atoms with Gasteiger partial charge in [0, 0.05) is 12.8 Å². The van der Waals surface area contributed by atoms with Gasteiger partial charge in [-0.05, 0) is 38.8 Å². The molecule has 0 spiro atoms. The third-order valence-corrected chi connectivity index (χ3v) is 1.74. The fraction of sp³-hybridized carbons (Fsp3) is 0.818. The maximum absolute atomic E-state index is 8.08. The number of nitrogens with zero attached hydrogens (tertiary/aromatic N) is 2. The van der Waals surface area contributed by atoms with Gasteiger partial charge in [0.2, 0.25) is 0 Å². The van der Waals surface area contributed by atoms with Gasteiger partial charge in [-0.1, -0.05) is 6.42 Å². The lowest BCUT2D eigenvalue weighted by Gasteiger charge is -1.89. The Morgan fingerprint density at radius 3 is 1.47 bits per heavy atom. The molecule has 0 aliphatic heterocycles. The van der Waals surface area contributed by atoms with Gasteiger partial charge in [0.15, 0.2) is 0 Å². The molecule has 0 aliphatic carbocycles. The van der Waals surface area contributed by atoms with E-state index in [1.54, 1.807) is 0 Å². The van der Waals surface area contributed by atoms with Crippen LogP contribution in [0.25, 0.3) is 0 Å². The number of nitrogens with two attached hydrogens (primary N) is 2. The molecule has 0 aromatic heterocycles. The molecule has 0 saturated heterocycles. The summed E-state index contributed by atoms with van der Waals surface area (Å²) in [5.74, 6) is 0. The van der Waals surface area contributed by atoms with Crippen molar-refractivity contribution in [1.82, 2.24) is 0 Å². The van der Waals surface area contributed by atoms with E-state index in [9.17, 15) is 0 Å². The van der Waals surface area contributed by atoms with Gasteiger partial charge in [-0.15, -0.1) is 0 Å². The van der Waals surface area contributed by atoms with E-state index in [-0.39, 0.29) is 0 Å². The lowest BCUT2D eigenvalue weighted by Crippen LogP contribution is -1.97. The first kappa shape index (κ1) is 16.3. The van der Waals surface area contributed by atoms with Crippen molar-refractivity contribution in [3.63, 3.8) is 0 Å². The van der Waals surface area contributed by atoms with Crippen LogP contribution in [0.4, 0.5) is 0 Å². The van der Waals surface area contributed by atoms with Crippen molar-refractivity contribution in [3.05, 3.63) is 0 Å². The first-order valence-corrected chi connectivity index (χ1v) is 5.47. The average molecular weight is 210 g/mol. The largest absolute Gasteiger partial charge is 0.330 e. The van der Waals surface area contributed by atoms with E-state index in [1.807, 2.05) is 6.07 Å². The quantitative estimate of drug-likeness (QED) is 0.624. The second-order valence-corrected chi connectivity index (χ2v) is 3.16. The van der Waals surface area contributed by atoms with Crippen molar-refractivity contribution in [2.45, 2.75) is 44.9 Å². The predicted octanol–water partition coefficient (Wildman–Crippen LogP) is 1.67. The highest BCUT2D eigenvalue weighted by Crippen LogP contribution is 1.95. The molecule has 0 bridgehead atoms. The van der Waals surface area contributed by atoms with Crippen molar-refractivity contribution in [1.29, 1.82) is 10.5 Å². The first-order valence-electron chi connectivity index (χ1n) is 5.47. The highest BCUT2D eigenvalue weighted by Gasteiger charge is 1.83. The van der Waals surface area contributed by atoms with Crippen LogP contribution in [0.5, 0.6) is 0 Å². The van der Waals surface area contributed by atoms with E-state index < -0.39 is 0 Å². The molecule has 86 valence electrons. The van der Waals surface area contributed by atoms with Crippen LogP contribution in [0.1, 0.15) is 44.9 Å². The van der Waals surface area contributed by atoms with E-state index in [1.165, 1.54) is 0 Å². The second-order valence-electron chi connectivity index (χ2n) is 3.16. The fourth-order valence-corrected chi connectivity index (χ4v) is 0.874. The van der Waals surface area contributed by atoms with Crippen molar-refractivity contribution < 1.29 is 0 Å². The molecule has 0 unspecified atom stereocenters. The fourth-order valence-electron chi connectivity index (χ4n) is 0.874. The highest BCUT2D eigenvalue weighted by molar-refractivity contribution is 4.68. The molecule has 4 N–H and O–H groups in total. The Morgan fingerprint density at radius 1 is 0.667 bits per heavy atom. The number of hydrogen-bond donors (Lipinski definition) is 2. The van der Waals surface area contributed by atoms with E-state index in [0.717, 1.165) is 38.6 Å². The molecule has 4 nitrogen and oxygen atoms in total. The van der Waals surface area contributed by atoms with Crippen molar-refractivity contribution >= 4 is 0 Å². The lowest BCUT2D eigenvalue weighted by molar-refractivity contribution is 0.699. The average Bonchev–Trinajstić information content (AvgIpc) is 2.26. The number of unbranched alkanes of at least 4 members (excludes halogenated alkanes) is 5. The van der Waals surface area contributed by atoms with Crippen molar-refractivity contribution in [2.75, 3.05) is 13.1 Å². The molecule has 15 heavy (non-hydrogen) atoms. The zero-order valence-electron chi connectivity index (χ0n) is 9.41. The molecule has 0 rings (SSSR count). The zero-order chi connectivity index (χ0) is 11.8. The summed E-state index contributed by atoms with van der Waals surface area (Å²) in [5, 5.41) is 16.1. The molecule has 0 heterocycles. The minimum absolute atomic E-state index is 0.650. The van der Waals surface area contributed by atoms with Crippen LogP contribution in [-0.4, -0.2) is 13.1 Å². The van der Waals surface area contributed by atoms with Gasteiger partial charge in [0.1, 0.15) is 0 Å². The van der Waals surface area contributed by atoms with Gasteiger partial charge >= 0.3 is 0 Å². The Bertz CT molecular complexity index is 178. The molecule has 0 aromatic carbocycles. The van der Waals surface area contributed by atoms with Gasteiger partial charge in [-0.2, -0.15) is 10.5 Å². The summed E-state index contributed by atoms with van der Waals surface area (Å²) in [6.45, 7) is 1.47. The number of rotatable bonds is 7. The third-order valence-electron chi connectivity index (χ3n) is 1.74. The third kappa shape index (κ3) is 24.6. The molecule has 0 aliphatic rings. The predicted molar refractivity (Wildman–Crippen MR) is 61.7 cm³/mol. The molecular formula is C11H22N4. The monoisotopic (exact) mass is 210 g/mol.